The van der Waals surface area contributed by atoms with Crippen LogP contribution in [0.2, 0.25) is 0 Å². The number of phosphoric acid groups is 1. The average Bonchev–Trinajstić information content (AvgIpc) is 2.27. The maximum atomic E-state index is 10.7. The Bertz CT molecular complexity index is 359. The van der Waals surface area contributed by atoms with Crippen molar-refractivity contribution in [2.24, 2.45) is 5.73 Å². The van der Waals surface area contributed by atoms with Gasteiger partial charge in [0, 0.05) is 6.92 Å². The second kappa shape index (κ2) is 12.7. The van der Waals surface area contributed by atoms with Gasteiger partial charge in [-0.25, -0.2) is 0 Å². The Morgan fingerprint density at radius 3 is 2.05 bits per heavy atom. The molecule has 0 radical (unpaired) electrons. The SMILES string of the molecule is CC(=O)OC1O[C@H](CO)[C@@H](O)[C@H](O)[C@H]1N.O=P([O-])([O-])O.[Na+].[Na+]. The summed E-state index contributed by atoms with van der Waals surface area (Å²) in [7, 11) is -5.14. The van der Waals surface area contributed by atoms with Crippen molar-refractivity contribution in [3.05, 3.63) is 0 Å². The van der Waals surface area contributed by atoms with Gasteiger partial charge in [-0.1, -0.05) is 0 Å². The van der Waals surface area contributed by atoms with E-state index >= 15 is 0 Å². The molecule has 1 rings (SSSR count). The van der Waals surface area contributed by atoms with E-state index in [1.807, 2.05) is 0 Å². The number of carbonyl (C=O) groups excluding carboxylic acids is 1. The van der Waals surface area contributed by atoms with E-state index in [1.54, 1.807) is 0 Å². The van der Waals surface area contributed by atoms with Gasteiger partial charge in [0.2, 0.25) is 6.29 Å². The van der Waals surface area contributed by atoms with Gasteiger partial charge in [-0.2, -0.15) is 0 Å². The predicted octanol–water partition coefficient (Wildman–Crippen LogP) is -10.9. The molecule has 0 bridgehead atoms. The number of hydrogen-bond acceptors (Lipinski definition) is 10. The van der Waals surface area contributed by atoms with Crippen LogP contribution < -0.4 is 74.6 Å². The van der Waals surface area contributed by atoms with Gasteiger partial charge in [-0.3, -0.25) is 4.79 Å². The number of hydrogen-bond donors (Lipinski definition) is 5. The molecular weight excluding hydrogens is 347 g/mol. The first-order chi connectivity index (χ1) is 8.97. The number of aliphatic hydroxyl groups excluding tert-OH is 3. The van der Waals surface area contributed by atoms with Crippen LogP contribution in [0.3, 0.4) is 0 Å². The quantitative estimate of drug-likeness (QED) is 0.177. The van der Waals surface area contributed by atoms with Crippen LogP contribution in [-0.2, 0) is 18.8 Å². The maximum Gasteiger partial charge on any atom is 1.00 e. The smallest absolute Gasteiger partial charge is 0.790 e. The fourth-order valence-electron chi connectivity index (χ4n) is 1.37. The Labute approximate surface area is 170 Å². The molecule has 0 amide bonds. The third kappa shape index (κ3) is 11.8. The molecule has 0 aliphatic carbocycles. The molecule has 11 nitrogen and oxygen atoms in total. The van der Waals surface area contributed by atoms with E-state index < -0.39 is 51.0 Å². The Morgan fingerprint density at radius 2 is 1.73 bits per heavy atom. The zero-order chi connectivity index (χ0) is 16.1. The summed E-state index contributed by atoms with van der Waals surface area (Å²) < 4.78 is 18.4. The van der Waals surface area contributed by atoms with E-state index in [0.29, 0.717) is 0 Å². The normalized spacial score (nSPS) is 30.8. The van der Waals surface area contributed by atoms with Crippen molar-refractivity contribution in [1.29, 1.82) is 0 Å². The number of carbonyl (C=O) groups is 1. The van der Waals surface area contributed by atoms with Crippen molar-refractivity contribution in [3.8, 4) is 0 Å². The molecule has 0 aromatic heterocycles. The number of nitrogens with two attached hydrogens (primary N) is 1. The molecule has 22 heavy (non-hydrogen) atoms. The third-order valence-corrected chi connectivity index (χ3v) is 2.21. The Balaban J connectivity index is -0.000000452. The number of rotatable bonds is 2. The van der Waals surface area contributed by atoms with Crippen LogP contribution in [0.15, 0.2) is 0 Å². The van der Waals surface area contributed by atoms with E-state index in [1.165, 1.54) is 6.92 Å². The van der Waals surface area contributed by atoms with Crippen LogP contribution in [0.1, 0.15) is 6.92 Å². The number of esters is 1. The van der Waals surface area contributed by atoms with Crippen molar-refractivity contribution in [2.75, 3.05) is 6.61 Å². The molecule has 0 aromatic rings. The van der Waals surface area contributed by atoms with Crippen molar-refractivity contribution in [3.63, 3.8) is 0 Å². The van der Waals surface area contributed by atoms with Gasteiger partial charge in [0.05, 0.1) is 20.5 Å². The Kier molecular flexibility index (Phi) is 16.3. The van der Waals surface area contributed by atoms with Crippen LogP contribution in [0.4, 0.5) is 0 Å². The first kappa shape index (κ1) is 28.2. The summed E-state index contributed by atoms with van der Waals surface area (Å²) in [6.07, 6.45) is -4.76. The summed E-state index contributed by atoms with van der Waals surface area (Å²) in [6.45, 7) is 0.671. The van der Waals surface area contributed by atoms with Crippen LogP contribution in [0.5, 0.6) is 0 Å². The molecular formula is C8H16NNa2O10P. The van der Waals surface area contributed by atoms with Crippen molar-refractivity contribution in [2.45, 2.75) is 37.6 Å². The van der Waals surface area contributed by atoms with Gasteiger partial charge >= 0.3 is 65.1 Å². The maximum absolute atomic E-state index is 10.7. The van der Waals surface area contributed by atoms with Gasteiger partial charge in [-0.15, -0.1) is 0 Å². The fraction of sp³-hybridized carbons (Fsp3) is 0.875. The monoisotopic (exact) mass is 363 g/mol. The van der Waals surface area contributed by atoms with E-state index in [0.717, 1.165) is 0 Å². The Morgan fingerprint density at radius 1 is 1.32 bits per heavy atom. The molecule has 1 aliphatic heterocycles. The summed E-state index contributed by atoms with van der Waals surface area (Å²) in [6, 6.07) is -1.04. The summed E-state index contributed by atoms with van der Waals surface area (Å²) in [5.74, 6) is -0.615. The molecule has 14 heteroatoms. The molecule has 5 atom stereocenters. The summed E-state index contributed by atoms with van der Waals surface area (Å²) in [5.41, 5.74) is 5.48. The Hall–Kier alpha value is 1.38. The largest absolute Gasteiger partial charge is 1.00 e. The molecule has 0 saturated carbocycles. The van der Waals surface area contributed by atoms with Crippen LogP contribution in [0.25, 0.3) is 0 Å². The van der Waals surface area contributed by atoms with E-state index in [2.05, 4.69) is 4.74 Å². The first-order valence-electron chi connectivity index (χ1n) is 5.27. The molecule has 1 saturated heterocycles. The van der Waals surface area contributed by atoms with Crippen LogP contribution in [-0.4, -0.2) is 63.4 Å². The van der Waals surface area contributed by atoms with Gasteiger partial charge in [0.15, 0.2) is 0 Å². The zero-order valence-corrected chi connectivity index (χ0v) is 17.3. The van der Waals surface area contributed by atoms with Crippen LogP contribution >= 0.6 is 7.82 Å². The standard InChI is InChI=1S/C8H15NO6.2Na.H3O4P/c1-3(11)14-8-5(9)7(13)6(12)4(2-10)15-8;;;1-5(2,3)4/h4-8,10,12-13H,2,9H2,1H3;;;(H3,1,2,3,4)/q;2*+1;/p-2/t4-,5-,6-,7-,8?;;;/m1.../s1. The van der Waals surface area contributed by atoms with Gasteiger partial charge in [0.1, 0.15) is 18.3 Å². The number of aliphatic hydroxyl groups is 3. The predicted molar refractivity (Wildman–Crippen MR) is 57.3 cm³/mol. The third-order valence-electron chi connectivity index (χ3n) is 2.21. The van der Waals surface area contributed by atoms with Crippen molar-refractivity contribution >= 4 is 13.8 Å². The van der Waals surface area contributed by atoms with Crippen molar-refractivity contribution < 1.29 is 108 Å². The second-order valence-electron chi connectivity index (χ2n) is 3.86. The fourth-order valence-corrected chi connectivity index (χ4v) is 1.37. The number of ether oxygens (including phenoxy) is 2. The van der Waals surface area contributed by atoms with Crippen molar-refractivity contribution in [1.82, 2.24) is 0 Å². The minimum absolute atomic E-state index is 0. The zero-order valence-electron chi connectivity index (χ0n) is 12.4. The molecule has 120 valence electrons. The summed E-state index contributed by atoms with van der Waals surface area (Å²) in [5, 5.41) is 27.7. The molecule has 1 fully saturated rings. The molecule has 1 aliphatic rings. The minimum Gasteiger partial charge on any atom is -0.790 e. The topological polar surface area (TPSA) is 206 Å². The van der Waals surface area contributed by atoms with Gasteiger partial charge in [0.25, 0.3) is 0 Å². The summed E-state index contributed by atoms with van der Waals surface area (Å²) in [4.78, 5) is 35.0. The molecule has 0 spiro atoms. The molecule has 0 aromatic carbocycles. The van der Waals surface area contributed by atoms with Gasteiger partial charge < -0.3 is 49.8 Å². The molecule has 1 heterocycles. The first-order valence-corrected chi connectivity index (χ1v) is 6.77. The second-order valence-corrected chi connectivity index (χ2v) is 4.80. The molecule has 6 N–H and O–H groups in total. The van der Waals surface area contributed by atoms with Gasteiger partial charge in [-0.05, 0) is 0 Å². The average molecular weight is 363 g/mol. The van der Waals surface area contributed by atoms with E-state index in [-0.39, 0.29) is 59.1 Å². The van der Waals surface area contributed by atoms with E-state index in [4.69, 9.17) is 34.8 Å². The molecule has 1 unspecified atom stereocenters. The van der Waals surface area contributed by atoms with Crippen LogP contribution in [0, 0.1) is 0 Å². The minimum atomic E-state index is -5.14. The van der Waals surface area contributed by atoms with E-state index in [9.17, 15) is 15.0 Å². The summed E-state index contributed by atoms with van der Waals surface area (Å²) >= 11 is 0.